The number of halogens is 1. The number of rotatable bonds is 4. The average Bonchev–Trinajstić information content (AvgIpc) is 3.26. The van der Waals surface area contributed by atoms with Gasteiger partial charge in [0.05, 0.1) is 19.6 Å². The first-order valence-corrected chi connectivity index (χ1v) is 10.9. The highest BCUT2D eigenvalue weighted by atomic mass is 79.9. The first kappa shape index (κ1) is 21.8. The van der Waals surface area contributed by atoms with Gasteiger partial charge in [-0.15, -0.1) is 0 Å². The zero-order valence-corrected chi connectivity index (χ0v) is 19.6. The van der Waals surface area contributed by atoms with Crippen molar-refractivity contribution in [3.05, 3.63) is 52.5 Å². The molecule has 0 unspecified atom stereocenters. The molecular weight excluding hydrogens is 464 g/mol. The summed E-state index contributed by atoms with van der Waals surface area (Å²) < 4.78 is 11.3. The van der Waals surface area contributed by atoms with Crippen LogP contribution in [-0.4, -0.2) is 62.6 Å². The normalized spacial score (nSPS) is 28.7. The molecule has 0 N–H and O–H groups in total. The van der Waals surface area contributed by atoms with Crippen LogP contribution in [0.15, 0.2) is 47.0 Å². The predicted octanol–water partition coefficient (Wildman–Crippen LogP) is 2.55. The summed E-state index contributed by atoms with van der Waals surface area (Å²) in [6.45, 7) is 2.87. The molecule has 0 aromatic heterocycles. The van der Waals surface area contributed by atoms with Crippen molar-refractivity contribution in [1.82, 2.24) is 4.90 Å². The Kier molecular flexibility index (Phi) is 5.13. The molecule has 0 radical (unpaired) electrons. The fraction of sp³-hybridized carbons (Fsp3) is 0.435. The monoisotopic (exact) mass is 488 g/mol. The van der Waals surface area contributed by atoms with E-state index in [2.05, 4.69) is 15.9 Å². The average molecular weight is 489 g/mol. The molecule has 0 saturated carbocycles. The Bertz CT molecular complexity index is 1020. The summed E-state index contributed by atoms with van der Waals surface area (Å²) >= 11 is 3.57. The van der Waals surface area contributed by atoms with E-state index in [1.54, 1.807) is 0 Å². The molecule has 164 valence electrons. The second-order valence-corrected chi connectivity index (χ2v) is 9.07. The van der Waals surface area contributed by atoms with Crippen molar-refractivity contribution in [3.63, 3.8) is 0 Å². The van der Waals surface area contributed by atoms with Gasteiger partial charge in [0.1, 0.15) is 0 Å². The highest BCUT2D eigenvalue weighted by Crippen LogP contribution is 2.68. The van der Waals surface area contributed by atoms with Gasteiger partial charge >= 0.3 is 11.9 Å². The molecule has 0 amide bonds. The number of methoxy groups -OCH3 is 2. The first-order chi connectivity index (χ1) is 14.8. The van der Waals surface area contributed by atoms with Crippen LogP contribution in [0.4, 0.5) is 5.69 Å². The van der Waals surface area contributed by atoms with Crippen molar-refractivity contribution >= 4 is 39.3 Å². The summed E-state index contributed by atoms with van der Waals surface area (Å²) in [4.78, 5) is 44.7. The smallest absolute Gasteiger partial charge is 0.328 e. The van der Waals surface area contributed by atoms with Gasteiger partial charge in [0.2, 0.25) is 0 Å². The summed E-state index contributed by atoms with van der Waals surface area (Å²) in [6, 6.07) is 7.56. The number of likely N-dealkylation sites (N-methyl/N-ethyl adjacent to an activating group) is 1. The maximum absolute atomic E-state index is 13.8. The second-order valence-electron chi connectivity index (χ2n) is 8.05. The van der Waals surface area contributed by atoms with Gasteiger partial charge in [0.15, 0.2) is 16.9 Å². The molecule has 8 heteroatoms. The molecule has 0 spiro atoms. The zero-order valence-electron chi connectivity index (χ0n) is 18.0. The lowest BCUT2D eigenvalue weighted by Gasteiger charge is -2.54. The number of nitrogens with zero attached hydrogens (tertiary/aromatic N) is 2. The van der Waals surface area contributed by atoms with E-state index in [9.17, 15) is 14.4 Å². The number of likely N-dealkylation sites (tertiary alicyclic amines) is 1. The highest BCUT2D eigenvalue weighted by Gasteiger charge is 2.82. The minimum absolute atomic E-state index is 0.177. The largest absolute Gasteiger partial charge is 0.468 e. The van der Waals surface area contributed by atoms with E-state index in [1.165, 1.54) is 26.4 Å². The number of carbonyl (C=O) groups excluding carboxylic acids is 3. The van der Waals surface area contributed by atoms with Crippen molar-refractivity contribution in [2.75, 3.05) is 39.3 Å². The van der Waals surface area contributed by atoms with Crippen LogP contribution in [0.1, 0.15) is 18.9 Å². The number of carbonyl (C=O) groups is 3. The number of ether oxygens (including phenoxy) is 2. The van der Waals surface area contributed by atoms with E-state index in [4.69, 9.17) is 9.47 Å². The maximum Gasteiger partial charge on any atom is 0.328 e. The second kappa shape index (κ2) is 7.31. The number of benzene rings is 1. The summed E-state index contributed by atoms with van der Waals surface area (Å²) in [6.07, 6.45) is 5.07. The molecule has 1 aromatic rings. The van der Waals surface area contributed by atoms with Gasteiger partial charge in [0.25, 0.3) is 0 Å². The Morgan fingerprint density at radius 3 is 2.45 bits per heavy atom. The minimum atomic E-state index is -1.80. The standard InChI is InChI=1S/C23H25BrN2O5/c1-5-15(24)14-26-13-12-22-16-8-6-7-9-17(16)25(2)23(22,26)18(27)10-11-21(22,19(28)30-3)20(29)31-4/h5-11H,12-14H2,1-4H3/b15-5-/t22-,23-/m0/s1. The van der Waals surface area contributed by atoms with E-state index in [1.807, 2.05) is 54.1 Å². The number of para-hydroxylation sites is 1. The quantitative estimate of drug-likeness (QED) is 0.476. The number of hydrogen-bond donors (Lipinski definition) is 0. The van der Waals surface area contributed by atoms with Crippen molar-refractivity contribution in [3.8, 4) is 0 Å². The van der Waals surface area contributed by atoms with E-state index in [-0.39, 0.29) is 5.78 Å². The Labute approximate surface area is 189 Å². The molecule has 4 rings (SSSR count). The molecule has 2 heterocycles. The topological polar surface area (TPSA) is 76.2 Å². The van der Waals surface area contributed by atoms with Gasteiger partial charge in [0, 0.05) is 30.3 Å². The summed E-state index contributed by atoms with van der Waals surface area (Å²) in [5.74, 6) is -1.64. The fourth-order valence-electron chi connectivity index (χ4n) is 6.06. The Balaban J connectivity index is 2.14. The Hall–Kier alpha value is -2.45. The Morgan fingerprint density at radius 1 is 1.19 bits per heavy atom. The van der Waals surface area contributed by atoms with E-state index in [0.717, 1.165) is 15.7 Å². The molecule has 1 saturated heterocycles. The number of anilines is 1. The molecule has 0 bridgehead atoms. The maximum atomic E-state index is 13.8. The van der Waals surface area contributed by atoms with Crippen LogP contribution in [0.25, 0.3) is 0 Å². The van der Waals surface area contributed by atoms with E-state index in [0.29, 0.717) is 19.5 Å². The molecular formula is C23H25BrN2O5. The van der Waals surface area contributed by atoms with Crippen molar-refractivity contribution in [2.45, 2.75) is 24.4 Å². The van der Waals surface area contributed by atoms with Crippen LogP contribution < -0.4 is 4.90 Å². The lowest BCUT2D eigenvalue weighted by atomic mass is 9.51. The van der Waals surface area contributed by atoms with Gasteiger partial charge in [-0.3, -0.25) is 19.3 Å². The zero-order chi connectivity index (χ0) is 22.6. The molecule has 31 heavy (non-hydrogen) atoms. The molecule has 3 aliphatic rings. The van der Waals surface area contributed by atoms with Crippen LogP contribution in [0, 0.1) is 5.41 Å². The van der Waals surface area contributed by atoms with Gasteiger partial charge in [-0.2, -0.15) is 0 Å². The first-order valence-electron chi connectivity index (χ1n) is 10.1. The summed E-state index contributed by atoms with van der Waals surface area (Å²) in [5.41, 5.74) is -2.72. The number of allylic oxidation sites excluding steroid dienone is 1. The number of fused-ring (bicyclic) bond motifs is 1. The Morgan fingerprint density at radius 2 is 1.84 bits per heavy atom. The van der Waals surface area contributed by atoms with Gasteiger partial charge in [-0.25, -0.2) is 0 Å². The summed E-state index contributed by atoms with van der Waals surface area (Å²) in [7, 11) is 4.35. The van der Waals surface area contributed by atoms with Crippen LogP contribution in [0.3, 0.4) is 0 Å². The SMILES string of the molecule is C/C=C(\Br)CN1CC[C@@]23c4ccccc4N(C)[C@@]12C(=O)C=CC3(C(=O)OC)C(=O)OC. The van der Waals surface area contributed by atoms with Gasteiger partial charge < -0.3 is 14.4 Å². The van der Waals surface area contributed by atoms with Crippen molar-refractivity contribution < 1.29 is 23.9 Å². The molecule has 1 fully saturated rings. The molecule has 2 atom stereocenters. The fourth-order valence-corrected chi connectivity index (χ4v) is 6.37. The van der Waals surface area contributed by atoms with Crippen LogP contribution >= 0.6 is 15.9 Å². The van der Waals surface area contributed by atoms with Crippen LogP contribution in [0.5, 0.6) is 0 Å². The lowest BCUT2D eigenvalue weighted by molar-refractivity contribution is -0.175. The van der Waals surface area contributed by atoms with Crippen molar-refractivity contribution in [1.29, 1.82) is 0 Å². The number of esters is 2. The van der Waals surface area contributed by atoms with E-state index < -0.39 is 28.4 Å². The molecule has 1 aliphatic carbocycles. The number of hydrogen-bond acceptors (Lipinski definition) is 7. The van der Waals surface area contributed by atoms with Gasteiger partial charge in [-0.05, 0) is 31.1 Å². The van der Waals surface area contributed by atoms with Crippen molar-refractivity contribution in [2.24, 2.45) is 5.41 Å². The summed E-state index contributed by atoms with van der Waals surface area (Å²) in [5, 5.41) is 0. The minimum Gasteiger partial charge on any atom is -0.468 e. The van der Waals surface area contributed by atoms with E-state index >= 15 is 0 Å². The highest BCUT2D eigenvalue weighted by molar-refractivity contribution is 9.11. The molecule has 1 aromatic carbocycles. The van der Waals surface area contributed by atoms with Gasteiger partial charge in [-0.1, -0.05) is 46.3 Å². The third-order valence-electron chi connectivity index (χ3n) is 7.19. The third kappa shape index (κ3) is 2.29. The molecule has 2 aliphatic heterocycles. The lowest BCUT2D eigenvalue weighted by Crippen LogP contribution is -2.75. The predicted molar refractivity (Wildman–Crippen MR) is 119 cm³/mol. The third-order valence-corrected chi connectivity index (χ3v) is 7.90. The molecule has 7 nitrogen and oxygen atoms in total. The number of ketones is 1. The van der Waals surface area contributed by atoms with Crippen LogP contribution in [0.2, 0.25) is 0 Å². The van der Waals surface area contributed by atoms with Crippen LogP contribution in [-0.2, 0) is 29.3 Å².